The number of carbonyl (C=O) groups is 1. The molecule has 0 aromatic heterocycles. The molecule has 150 valence electrons. The molecule has 1 amide bonds. The minimum atomic E-state index is -4.46. The molecule has 8 heteroatoms. The van der Waals surface area contributed by atoms with Crippen molar-refractivity contribution in [1.29, 1.82) is 0 Å². The Hall–Kier alpha value is -2.90. The number of benzene rings is 2. The van der Waals surface area contributed by atoms with Crippen LogP contribution in [0.25, 0.3) is 0 Å². The number of anilines is 2. The van der Waals surface area contributed by atoms with Crippen LogP contribution >= 0.6 is 0 Å². The number of para-hydroxylation sites is 1. The molecule has 1 saturated heterocycles. The van der Waals surface area contributed by atoms with Gasteiger partial charge in [-0.1, -0.05) is 12.1 Å². The first-order valence-corrected chi connectivity index (χ1v) is 8.95. The number of nitrogens with one attached hydrogen (secondary N) is 1. The van der Waals surface area contributed by atoms with Crippen LogP contribution in [-0.4, -0.2) is 50.6 Å². The summed E-state index contributed by atoms with van der Waals surface area (Å²) >= 11 is 0. The van der Waals surface area contributed by atoms with Crippen molar-refractivity contribution in [2.24, 2.45) is 0 Å². The normalized spacial score (nSPS) is 14.7. The highest BCUT2D eigenvalue weighted by atomic mass is 19.4. The molecule has 0 spiro atoms. The summed E-state index contributed by atoms with van der Waals surface area (Å²) in [5.74, 6) is 0.564. The highest BCUT2D eigenvalue weighted by Crippen LogP contribution is 2.34. The minimum absolute atomic E-state index is 0.0831. The zero-order chi connectivity index (χ0) is 20.1. The van der Waals surface area contributed by atoms with Crippen LogP contribution in [-0.2, 0) is 11.0 Å². The van der Waals surface area contributed by atoms with Gasteiger partial charge in [0.2, 0.25) is 5.91 Å². The van der Waals surface area contributed by atoms with Crippen LogP contribution in [0.2, 0.25) is 0 Å². The van der Waals surface area contributed by atoms with E-state index in [-0.39, 0.29) is 18.1 Å². The summed E-state index contributed by atoms with van der Waals surface area (Å²) in [6.45, 7) is 2.20. The molecule has 0 atom stereocenters. The van der Waals surface area contributed by atoms with E-state index in [1.54, 1.807) is 12.0 Å². The molecule has 28 heavy (non-hydrogen) atoms. The van der Waals surface area contributed by atoms with Crippen LogP contribution in [0.3, 0.4) is 0 Å². The standard InChI is InChI=1S/C20H22F3N3O2/c1-28-16-8-6-15(7-9-16)25-10-12-26(13-11-25)19(27)14-24-18-5-3-2-4-17(18)20(21,22)23/h2-9,24H,10-14H2,1H3. The predicted molar refractivity (Wildman–Crippen MR) is 102 cm³/mol. The molecule has 0 aliphatic carbocycles. The Labute approximate surface area is 161 Å². The monoisotopic (exact) mass is 393 g/mol. The number of ether oxygens (including phenoxy) is 1. The number of carbonyl (C=O) groups excluding carboxylic acids is 1. The second kappa shape index (κ2) is 8.41. The molecule has 3 rings (SSSR count). The summed E-state index contributed by atoms with van der Waals surface area (Å²) < 4.78 is 44.2. The first kappa shape index (κ1) is 19.9. The number of methoxy groups -OCH3 is 1. The van der Waals surface area contributed by atoms with Gasteiger partial charge >= 0.3 is 6.18 Å². The summed E-state index contributed by atoms with van der Waals surface area (Å²) in [7, 11) is 1.61. The van der Waals surface area contributed by atoms with E-state index in [1.807, 2.05) is 24.3 Å². The predicted octanol–water partition coefficient (Wildman–Crippen LogP) is 3.47. The Balaban J connectivity index is 1.53. The van der Waals surface area contributed by atoms with Gasteiger partial charge in [-0.25, -0.2) is 0 Å². The van der Waals surface area contributed by atoms with Gasteiger partial charge in [-0.15, -0.1) is 0 Å². The molecule has 2 aromatic rings. The summed E-state index contributed by atoms with van der Waals surface area (Å²) in [5.41, 5.74) is 0.192. The number of rotatable bonds is 5. The van der Waals surface area contributed by atoms with Crippen LogP contribution in [0.4, 0.5) is 24.5 Å². The first-order valence-electron chi connectivity index (χ1n) is 8.95. The molecule has 1 N–H and O–H groups in total. The van der Waals surface area contributed by atoms with Crippen LogP contribution < -0.4 is 15.0 Å². The van der Waals surface area contributed by atoms with Crippen LogP contribution in [0.15, 0.2) is 48.5 Å². The topological polar surface area (TPSA) is 44.8 Å². The number of hydrogen-bond acceptors (Lipinski definition) is 4. The van der Waals surface area contributed by atoms with Crippen molar-refractivity contribution >= 4 is 17.3 Å². The number of alkyl halides is 3. The molecule has 1 aliphatic rings. The molecule has 2 aromatic carbocycles. The molecule has 5 nitrogen and oxygen atoms in total. The van der Waals surface area contributed by atoms with Crippen LogP contribution in [0.1, 0.15) is 5.56 Å². The number of hydrogen-bond donors (Lipinski definition) is 1. The molecular formula is C20H22F3N3O2. The maximum atomic E-state index is 13.0. The van der Waals surface area contributed by atoms with E-state index in [0.29, 0.717) is 26.2 Å². The maximum Gasteiger partial charge on any atom is 0.418 e. The average Bonchev–Trinajstić information content (AvgIpc) is 2.72. The van der Waals surface area contributed by atoms with E-state index < -0.39 is 11.7 Å². The van der Waals surface area contributed by atoms with Gasteiger partial charge in [0.25, 0.3) is 0 Å². The van der Waals surface area contributed by atoms with Gasteiger partial charge in [0.1, 0.15) is 5.75 Å². The third kappa shape index (κ3) is 4.68. The lowest BCUT2D eigenvalue weighted by molar-refractivity contribution is -0.137. The summed E-state index contributed by atoms with van der Waals surface area (Å²) in [6, 6.07) is 12.9. The molecule has 1 heterocycles. The summed E-state index contributed by atoms with van der Waals surface area (Å²) in [5, 5.41) is 2.63. The Morgan fingerprint density at radius 2 is 1.68 bits per heavy atom. The second-order valence-corrected chi connectivity index (χ2v) is 6.46. The zero-order valence-corrected chi connectivity index (χ0v) is 15.5. The fourth-order valence-corrected chi connectivity index (χ4v) is 3.17. The van der Waals surface area contributed by atoms with Crippen molar-refractivity contribution in [3.63, 3.8) is 0 Å². The number of piperazine rings is 1. The van der Waals surface area contributed by atoms with Crippen molar-refractivity contribution in [2.75, 3.05) is 50.1 Å². The maximum absolute atomic E-state index is 13.0. The molecule has 0 radical (unpaired) electrons. The number of nitrogens with zero attached hydrogens (tertiary/aromatic N) is 2. The van der Waals surface area contributed by atoms with E-state index in [0.717, 1.165) is 17.5 Å². The van der Waals surface area contributed by atoms with Gasteiger partial charge in [0.05, 0.1) is 19.2 Å². The Morgan fingerprint density at radius 1 is 1.04 bits per heavy atom. The van der Waals surface area contributed by atoms with Gasteiger partial charge < -0.3 is 19.9 Å². The third-order valence-electron chi connectivity index (χ3n) is 4.73. The molecule has 1 fully saturated rings. The first-order chi connectivity index (χ1) is 13.4. The lowest BCUT2D eigenvalue weighted by atomic mass is 10.1. The minimum Gasteiger partial charge on any atom is -0.497 e. The van der Waals surface area contributed by atoms with Crippen molar-refractivity contribution in [3.8, 4) is 5.75 Å². The van der Waals surface area contributed by atoms with E-state index >= 15 is 0 Å². The molecule has 0 saturated carbocycles. The van der Waals surface area contributed by atoms with Crippen LogP contribution in [0.5, 0.6) is 5.75 Å². The van der Waals surface area contributed by atoms with Gasteiger partial charge in [-0.3, -0.25) is 4.79 Å². The second-order valence-electron chi connectivity index (χ2n) is 6.46. The van der Waals surface area contributed by atoms with E-state index in [1.165, 1.54) is 18.2 Å². The van der Waals surface area contributed by atoms with Crippen molar-refractivity contribution in [2.45, 2.75) is 6.18 Å². The number of amides is 1. The fourth-order valence-electron chi connectivity index (χ4n) is 3.17. The molecule has 0 bridgehead atoms. The number of halogens is 3. The van der Waals surface area contributed by atoms with E-state index in [2.05, 4.69) is 10.2 Å². The van der Waals surface area contributed by atoms with Gasteiger partial charge in [-0.05, 0) is 36.4 Å². The van der Waals surface area contributed by atoms with E-state index in [9.17, 15) is 18.0 Å². The van der Waals surface area contributed by atoms with Crippen LogP contribution in [0, 0.1) is 0 Å². The van der Waals surface area contributed by atoms with Gasteiger partial charge in [-0.2, -0.15) is 13.2 Å². The average molecular weight is 393 g/mol. The molecule has 1 aliphatic heterocycles. The summed E-state index contributed by atoms with van der Waals surface area (Å²) in [4.78, 5) is 16.2. The highest BCUT2D eigenvalue weighted by Gasteiger charge is 2.33. The van der Waals surface area contributed by atoms with Crippen molar-refractivity contribution < 1.29 is 22.7 Å². The molecule has 0 unspecified atom stereocenters. The highest BCUT2D eigenvalue weighted by molar-refractivity contribution is 5.81. The van der Waals surface area contributed by atoms with Gasteiger partial charge in [0.15, 0.2) is 0 Å². The smallest absolute Gasteiger partial charge is 0.418 e. The summed E-state index contributed by atoms with van der Waals surface area (Å²) in [6.07, 6.45) is -4.46. The Bertz CT molecular complexity index is 801. The Kier molecular flexibility index (Phi) is 5.96. The quantitative estimate of drug-likeness (QED) is 0.845. The zero-order valence-electron chi connectivity index (χ0n) is 15.5. The van der Waals surface area contributed by atoms with Gasteiger partial charge in [0, 0.05) is 37.6 Å². The van der Waals surface area contributed by atoms with Crippen molar-refractivity contribution in [1.82, 2.24) is 4.90 Å². The lowest BCUT2D eigenvalue weighted by Crippen LogP contribution is -2.50. The van der Waals surface area contributed by atoms with E-state index in [4.69, 9.17) is 4.74 Å². The fraction of sp³-hybridized carbons (Fsp3) is 0.350. The third-order valence-corrected chi connectivity index (χ3v) is 4.73. The Morgan fingerprint density at radius 3 is 2.29 bits per heavy atom. The molecular weight excluding hydrogens is 371 g/mol. The lowest BCUT2D eigenvalue weighted by Gasteiger charge is -2.36. The SMILES string of the molecule is COc1ccc(N2CCN(C(=O)CNc3ccccc3C(F)(F)F)CC2)cc1. The largest absolute Gasteiger partial charge is 0.497 e. The van der Waals surface area contributed by atoms with Crippen molar-refractivity contribution in [3.05, 3.63) is 54.1 Å².